The van der Waals surface area contributed by atoms with E-state index in [4.69, 9.17) is 21.1 Å². The molecule has 3 rings (SSSR count). The van der Waals surface area contributed by atoms with Gasteiger partial charge in [-0.25, -0.2) is 0 Å². The van der Waals surface area contributed by atoms with Gasteiger partial charge in [0.05, 0.1) is 18.9 Å². The summed E-state index contributed by atoms with van der Waals surface area (Å²) in [6.07, 6.45) is 8.17. The molecular formula is C20H22ClNO2. The number of aromatic nitrogens is 1. The topological polar surface area (TPSA) is 31.4 Å². The minimum Gasteiger partial charge on any atom is -0.348 e. The van der Waals surface area contributed by atoms with E-state index in [2.05, 4.69) is 24.1 Å². The van der Waals surface area contributed by atoms with Crippen LogP contribution in [0.4, 0.5) is 0 Å². The number of hydrogen-bond donors (Lipinski definition) is 0. The molecule has 1 aromatic heterocycles. The molecule has 126 valence electrons. The number of benzene rings is 1. The van der Waals surface area contributed by atoms with Crippen molar-refractivity contribution in [3.05, 3.63) is 65.3 Å². The highest BCUT2D eigenvalue weighted by atomic mass is 35.5. The standard InChI is InChI=1S/C20H22ClNO2/c1-2-3-4-5-15-13-23-20(24-14-15)17-8-11-19(22-12-17)16-6-9-18(21)10-7-16/h4-12,15,20H,2-3,13-14H2,1H3/b5-4+/t15-,20-. The fraction of sp³-hybridized carbons (Fsp3) is 0.350. The highest BCUT2D eigenvalue weighted by molar-refractivity contribution is 6.30. The quantitative estimate of drug-likeness (QED) is 0.679. The Balaban J connectivity index is 1.59. The molecule has 1 fully saturated rings. The molecule has 1 saturated heterocycles. The molecule has 2 heterocycles. The Bertz CT molecular complexity index is 659. The average Bonchev–Trinajstić information content (AvgIpc) is 2.63. The van der Waals surface area contributed by atoms with Crippen LogP contribution >= 0.6 is 11.6 Å². The van der Waals surface area contributed by atoms with Gasteiger partial charge in [-0.2, -0.15) is 0 Å². The van der Waals surface area contributed by atoms with Crippen LogP contribution in [0.15, 0.2) is 54.7 Å². The maximum absolute atomic E-state index is 5.92. The number of pyridine rings is 1. The number of halogens is 1. The monoisotopic (exact) mass is 343 g/mol. The molecule has 2 aromatic rings. The van der Waals surface area contributed by atoms with E-state index in [9.17, 15) is 0 Å². The summed E-state index contributed by atoms with van der Waals surface area (Å²) in [5, 5.41) is 0.724. The number of allylic oxidation sites excluding steroid dienone is 1. The SMILES string of the molecule is CCC/C=C/[C@H]1CO[C@H](c2ccc(-c3ccc(Cl)cc3)nc2)OC1. The number of nitrogens with zero attached hydrogens (tertiary/aromatic N) is 1. The van der Waals surface area contributed by atoms with E-state index >= 15 is 0 Å². The summed E-state index contributed by atoms with van der Waals surface area (Å²) >= 11 is 5.92. The van der Waals surface area contributed by atoms with Crippen LogP contribution in [0.3, 0.4) is 0 Å². The number of ether oxygens (including phenoxy) is 2. The Kier molecular flexibility index (Phi) is 6.02. The van der Waals surface area contributed by atoms with Crippen molar-refractivity contribution in [3.8, 4) is 11.3 Å². The van der Waals surface area contributed by atoms with Crippen LogP contribution in [0, 0.1) is 5.92 Å². The molecule has 0 atom stereocenters. The first-order chi connectivity index (χ1) is 11.8. The third-order valence-electron chi connectivity index (χ3n) is 3.99. The Morgan fingerprint density at radius 1 is 1.12 bits per heavy atom. The van der Waals surface area contributed by atoms with E-state index in [-0.39, 0.29) is 6.29 Å². The van der Waals surface area contributed by atoms with Gasteiger partial charge in [0.25, 0.3) is 0 Å². The van der Waals surface area contributed by atoms with Gasteiger partial charge in [-0.15, -0.1) is 0 Å². The minimum absolute atomic E-state index is 0.326. The molecule has 0 bridgehead atoms. The van der Waals surface area contributed by atoms with E-state index in [1.807, 2.05) is 42.6 Å². The Labute approximate surface area is 148 Å². The molecule has 0 radical (unpaired) electrons. The Hall–Kier alpha value is -1.68. The van der Waals surface area contributed by atoms with E-state index in [1.165, 1.54) is 6.42 Å². The second kappa shape index (κ2) is 8.43. The first-order valence-electron chi connectivity index (χ1n) is 8.38. The van der Waals surface area contributed by atoms with Crippen LogP contribution in [0.25, 0.3) is 11.3 Å². The summed E-state index contributed by atoms with van der Waals surface area (Å²) in [6.45, 7) is 3.54. The summed E-state index contributed by atoms with van der Waals surface area (Å²) < 4.78 is 11.7. The normalized spacial score (nSPS) is 21.2. The van der Waals surface area contributed by atoms with Gasteiger partial charge in [-0.05, 0) is 24.6 Å². The van der Waals surface area contributed by atoms with Crippen LogP contribution in [-0.2, 0) is 9.47 Å². The first kappa shape index (κ1) is 17.2. The smallest absolute Gasteiger partial charge is 0.185 e. The van der Waals surface area contributed by atoms with Crippen LogP contribution in [0.1, 0.15) is 31.6 Å². The lowest BCUT2D eigenvalue weighted by atomic mass is 10.1. The summed E-state index contributed by atoms with van der Waals surface area (Å²) in [4.78, 5) is 4.52. The molecule has 1 aromatic carbocycles. The minimum atomic E-state index is -0.326. The highest BCUT2D eigenvalue weighted by Crippen LogP contribution is 2.27. The zero-order valence-electron chi connectivity index (χ0n) is 13.8. The van der Waals surface area contributed by atoms with E-state index in [0.717, 1.165) is 28.3 Å². The molecule has 1 aliphatic rings. The van der Waals surface area contributed by atoms with Gasteiger partial charge >= 0.3 is 0 Å². The van der Waals surface area contributed by atoms with E-state index < -0.39 is 0 Å². The van der Waals surface area contributed by atoms with Gasteiger partial charge in [0.1, 0.15) is 0 Å². The second-order valence-electron chi connectivity index (χ2n) is 5.96. The Morgan fingerprint density at radius 3 is 2.50 bits per heavy atom. The average molecular weight is 344 g/mol. The molecule has 0 aliphatic carbocycles. The molecule has 0 unspecified atom stereocenters. The Morgan fingerprint density at radius 2 is 1.88 bits per heavy atom. The molecule has 1 aliphatic heterocycles. The maximum Gasteiger partial charge on any atom is 0.185 e. The van der Waals surface area contributed by atoms with Crippen molar-refractivity contribution in [2.75, 3.05) is 13.2 Å². The van der Waals surface area contributed by atoms with Crippen molar-refractivity contribution in [1.29, 1.82) is 0 Å². The van der Waals surface area contributed by atoms with Crippen molar-refractivity contribution < 1.29 is 9.47 Å². The van der Waals surface area contributed by atoms with Crippen molar-refractivity contribution in [3.63, 3.8) is 0 Å². The summed E-state index contributed by atoms with van der Waals surface area (Å²) in [5.41, 5.74) is 2.90. The van der Waals surface area contributed by atoms with Gasteiger partial charge in [0.15, 0.2) is 6.29 Å². The van der Waals surface area contributed by atoms with Gasteiger partial charge < -0.3 is 9.47 Å². The van der Waals surface area contributed by atoms with Gasteiger partial charge in [0, 0.05) is 28.3 Å². The number of unbranched alkanes of at least 4 members (excludes halogenated alkanes) is 1. The number of hydrogen-bond acceptors (Lipinski definition) is 3. The predicted octanol–water partition coefficient (Wildman–Crippen LogP) is 5.42. The van der Waals surface area contributed by atoms with Crippen LogP contribution in [0.2, 0.25) is 5.02 Å². The lowest BCUT2D eigenvalue weighted by Crippen LogP contribution is -2.25. The van der Waals surface area contributed by atoms with Crippen LogP contribution < -0.4 is 0 Å². The van der Waals surface area contributed by atoms with Gasteiger partial charge in [-0.3, -0.25) is 4.98 Å². The third kappa shape index (κ3) is 4.44. The molecule has 0 N–H and O–H groups in total. The zero-order chi connectivity index (χ0) is 16.8. The van der Waals surface area contributed by atoms with Gasteiger partial charge in [-0.1, -0.05) is 55.3 Å². The van der Waals surface area contributed by atoms with E-state index in [0.29, 0.717) is 19.1 Å². The molecule has 0 spiro atoms. The van der Waals surface area contributed by atoms with Crippen molar-refractivity contribution in [2.24, 2.45) is 5.92 Å². The summed E-state index contributed by atoms with van der Waals surface area (Å²) in [7, 11) is 0. The maximum atomic E-state index is 5.92. The number of rotatable bonds is 5. The fourth-order valence-electron chi connectivity index (χ4n) is 2.61. The molecule has 0 amide bonds. The summed E-state index contributed by atoms with van der Waals surface area (Å²) in [6, 6.07) is 11.7. The second-order valence-corrected chi connectivity index (χ2v) is 6.40. The van der Waals surface area contributed by atoms with Gasteiger partial charge in [0.2, 0.25) is 0 Å². The molecule has 3 nitrogen and oxygen atoms in total. The largest absolute Gasteiger partial charge is 0.348 e. The fourth-order valence-corrected chi connectivity index (χ4v) is 2.74. The van der Waals surface area contributed by atoms with Crippen molar-refractivity contribution in [2.45, 2.75) is 26.1 Å². The van der Waals surface area contributed by atoms with Crippen molar-refractivity contribution >= 4 is 11.6 Å². The van der Waals surface area contributed by atoms with Crippen molar-refractivity contribution in [1.82, 2.24) is 4.98 Å². The molecular weight excluding hydrogens is 322 g/mol. The molecule has 4 heteroatoms. The lowest BCUT2D eigenvalue weighted by molar-refractivity contribution is -0.197. The highest BCUT2D eigenvalue weighted by Gasteiger charge is 2.22. The predicted molar refractivity (Wildman–Crippen MR) is 96.9 cm³/mol. The molecule has 24 heavy (non-hydrogen) atoms. The zero-order valence-corrected chi connectivity index (χ0v) is 14.6. The molecule has 0 saturated carbocycles. The first-order valence-corrected chi connectivity index (χ1v) is 8.76. The summed E-state index contributed by atoms with van der Waals surface area (Å²) in [5.74, 6) is 0.342. The lowest BCUT2D eigenvalue weighted by Gasteiger charge is -2.28. The van der Waals surface area contributed by atoms with Crippen LogP contribution in [-0.4, -0.2) is 18.2 Å². The van der Waals surface area contributed by atoms with E-state index in [1.54, 1.807) is 0 Å². The third-order valence-corrected chi connectivity index (χ3v) is 4.24. The van der Waals surface area contributed by atoms with Crippen LogP contribution in [0.5, 0.6) is 0 Å².